The van der Waals surface area contributed by atoms with Crippen LogP contribution in [-0.4, -0.2) is 0 Å². The van der Waals surface area contributed by atoms with Crippen LogP contribution in [-0.2, 0) is 0 Å². The molecule has 1 aliphatic rings. The van der Waals surface area contributed by atoms with E-state index < -0.39 is 0 Å². The van der Waals surface area contributed by atoms with Gasteiger partial charge in [0.2, 0.25) is 0 Å². The van der Waals surface area contributed by atoms with Gasteiger partial charge < -0.3 is 5.32 Å². The van der Waals surface area contributed by atoms with E-state index in [1.54, 1.807) is 0 Å². The molecule has 3 rings (SSSR count). The van der Waals surface area contributed by atoms with Gasteiger partial charge in [0.25, 0.3) is 0 Å². The Kier molecular flexibility index (Phi) is 4.09. The van der Waals surface area contributed by atoms with E-state index in [0.29, 0.717) is 12.1 Å². The Morgan fingerprint density at radius 3 is 2.20 bits per heavy atom. The first-order valence-corrected chi connectivity index (χ1v) is 7.68. The molecule has 1 fully saturated rings. The van der Waals surface area contributed by atoms with E-state index >= 15 is 0 Å². The molecule has 1 N–H and O–H groups in total. The minimum absolute atomic E-state index is 0.359. The van der Waals surface area contributed by atoms with Gasteiger partial charge in [-0.25, -0.2) is 0 Å². The van der Waals surface area contributed by atoms with Gasteiger partial charge in [0.1, 0.15) is 0 Å². The van der Waals surface area contributed by atoms with Crippen LogP contribution in [0, 0.1) is 5.92 Å². The SMILES string of the molecule is CC(NC(c1ccc(Cl)cc1)C1CC1)c1ccccc1. The Morgan fingerprint density at radius 2 is 1.60 bits per heavy atom. The third kappa shape index (κ3) is 3.23. The Labute approximate surface area is 126 Å². The maximum Gasteiger partial charge on any atom is 0.0406 e. The summed E-state index contributed by atoms with van der Waals surface area (Å²) in [6.07, 6.45) is 2.64. The van der Waals surface area contributed by atoms with Gasteiger partial charge in [-0.05, 0) is 48.9 Å². The summed E-state index contributed by atoms with van der Waals surface area (Å²) < 4.78 is 0. The first-order chi connectivity index (χ1) is 9.74. The van der Waals surface area contributed by atoms with E-state index in [1.807, 2.05) is 12.1 Å². The largest absolute Gasteiger partial charge is 0.303 e. The minimum Gasteiger partial charge on any atom is -0.303 e. The standard InChI is InChI=1S/C18H20ClN/c1-13(14-5-3-2-4-6-14)20-18(15-7-8-15)16-9-11-17(19)12-10-16/h2-6,9-13,15,18,20H,7-8H2,1H3. The van der Waals surface area contributed by atoms with Gasteiger partial charge in [-0.2, -0.15) is 0 Å². The fourth-order valence-electron chi connectivity index (χ4n) is 2.71. The quantitative estimate of drug-likeness (QED) is 0.802. The average molecular weight is 286 g/mol. The molecular weight excluding hydrogens is 266 g/mol. The van der Waals surface area contributed by atoms with Crippen molar-refractivity contribution in [3.8, 4) is 0 Å². The molecule has 2 aromatic carbocycles. The van der Waals surface area contributed by atoms with Gasteiger partial charge in [0.05, 0.1) is 0 Å². The van der Waals surface area contributed by atoms with Crippen LogP contribution in [0.3, 0.4) is 0 Å². The second kappa shape index (κ2) is 5.99. The van der Waals surface area contributed by atoms with Gasteiger partial charge in [-0.15, -0.1) is 0 Å². The Balaban J connectivity index is 1.76. The Morgan fingerprint density at radius 1 is 0.950 bits per heavy atom. The zero-order chi connectivity index (χ0) is 13.9. The number of halogens is 1. The zero-order valence-electron chi connectivity index (χ0n) is 11.7. The first kappa shape index (κ1) is 13.7. The summed E-state index contributed by atoms with van der Waals surface area (Å²) in [4.78, 5) is 0. The van der Waals surface area contributed by atoms with Gasteiger partial charge >= 0.3 is 0 Å². The fourth-order valence-corrected chi connectivity index (χ4v) is 2.84. The highest BCUT2D eigenvalue weighted by Gasteiger charge is 2.33. The minimum atomic E-state index is 0.359. The van der Waals surface area contributed by atoms with Crippen LogP contribution < -0.4 is 5.32 Å². The lowest BCUT2D eigenvalue weighted by Crippen LogP contribution is -2.26. The van der Waals surface area contributed by atoms with Crippen LogP contribution in [0.25, 0.3) is 0 Å². The number of hydrogen-bond acceptors (Lipinski definition) is 1. The number of nitrogens with one attached hydrogen (secondary N) is 1. The number of benzene rings is 2. The average Bonchev–Trinajstić information content (AvgIpc) is 3.31. The van der Waals surface area contributed by atoms with Gasteiger partial charge in [-0.1, -0.05) is 54.1 Å². The zero-order valence-corrected chi connectivity index (χ0v) is 12.5. The predicted octanol–water partition coefficient (Wildman–Crippen LogP) is 5.14. The van der Waals surface area contributed by atoms with Crippen LogP contribution >= 0.6 is 11.6 Å². The number of hydrogen-bond donors (Lipinski definition) is 1. The molecule has 20 heavy (non-hydrogen) atoms. The van der Waals surface area contributed by atoms with E-state index in [0.717, 1.165) is 10.9 Å². The highest BCUT2D eigenvalue weighted by Crippen LogP contribution is 2.42. The first-order valence-electron chi connectivity index (χ1n) is 7.30. The van der Waals surface area contributed by atoms with E-state index in [4.69, 9.17) is 11.6 Å². The molecule has 2 atom stereocenters. The number of rotatable bonds is 5. The smallest absolute Gasteiger partial charge is 0.0406 e. The molecule has 2 aromatic rings. The lowest BCUT2D eigenvalue weighted by molar-refractivity contribution is 0.427. The Bertz CT molecular complexity index is 545. The van der Waals surface area contributed by atoms with Crippen LogP contribution in [0.15, 0.2) is 54.6 Å². The van der Waals surface area contributed by atoms with Crippen molar-refractivity contribution in [3.05, 3.63) is 70.7 Å². The summed E-state index contributed by atoms with van der Waals surface area (Å²) in [5.74, 6) is 0.766. The molecule has 1 nitrogen and oxygen atoms in total. The van der Waals surface area contributed by atoms with Crippen molar-refractivity contribution < 1.29 is 0 Å². The van der Waals surface area contributed by atoms with Gasteiger partial charge in [0, 0.05) is 17.1 Å². The maximum atomic E-state index is 5.99. The van der Waals surface area contributed by atoms with E-state index in [1.165, 1.54) is 24.0 Å². The molecule has 0 aliphatic heterocycles. The summed E-state index contributed by atoms with van der Waals surface area (Å²) in [5.41, 5.74) is 2.69. The third-order valence-electron chi connectivity index (χ3n) is 4.05. The fraction of sp³-hybridized carbons (Fsp3) is 0.333. The van der Waals surface area contributed by atoms with Crippen molar-refractivity contribution in [2.75, 3.05) is 0 Å². The van der Waals surface area contributed by atoms with Crippen LogP contribution in [0.2, 0.25) is 5.02 Å². The molecule has 0 heterocycles. The molecule has 0 saturated heterocycles. The molecule has 2 heteroatoms. The summed E-state index contributed by atoms with van der Waals surface area (Å²) in [7, 11) is 0. The monoisotopic (exact) mass is 285 g/mol. The molecule has 0 bridgehead atoms. The molecular formula is C18H20ClN. The third-order valence-corrected chi connectivity index (χ3v) is 4.30. The Hall–Kier alpha value is -1.31. The summed E-state index contributed by atoms with van der Waals surface area (Å²) in [5, 5.41) is 4.59. The molecule has 2 unspecified atom stereocenters. The molecule has 104 valence electrons. The van der Waals surface area contributed by atoms with Crippen molar-refractivity contribution in [2.45, 2.75) is 31.8 Å². The van der Waals surface area contributed by atoms with Crippen molar-refractivity contribution in [3.63, 3.8) is 0 Å². The van der Waals surface area contributed by atoms with Crippen LogP contribution in [0.1, 0.15) is 43.0 Å². The summed E-state index contributed by atoms with van der Waals surface area (Å²) in [6, 6.07) is 19.7. The molecule has 0 aromatic heterocycles. The molecule has 0 spiro atoms. The van der Waals surface area contributed by atoms with Crippen molar-refractivity contribution in [1.82, 2.24) is 5.32 Å². The normalized spacial score (nSPS) is 17.7. The van der Waals surface area contributed by atoms with Gasteiger partial charge in [0.15, 0.2) is 0 Å². The van der Waals surface area contributed by atoms with Crippen molar-refractivity contribution in [1.29, 1.82) is 0 Å². The predicted molar refractivity (Wildman–Crippen MR) is 84.9 cm³/mol. The van der Waals surface area contributed by atoms with Crippen LogP contribution in [0.4, 0.5) is 0 Å². The maximum absolute atomic E-state index is 5.99. The van der Waals surface area contributed by atoms with Gasteiger partial charge in [-0.3, -0.25) is 0 Å². The van der Waals surface area contributed by atoms with Crippen molar-refractivity contribution >= 4 is 11.6 Å². The van der Waals surface area contributed by atoms with E-state index in [2.05, 4.69) is 54.7 Å². The lowest BCUT2D eigenvalue weighted by atomic mass is 9.99. The summed E-state index contributed by atoms with van der Waals surface area (Å²) >= 11 is 5.99. The summed E-state index contributed by atoms with van der Waals surface area (Å²) in [6.45, 7) is 2.24. The van der Waals surface area contributed by atoms with Crippen molar-refractivity contribution in [2.24, 2.45) is 5.92 Å². The molecule has 0 radical (unpaired) electrons. The van der Waals surface area contributed by atoms with Crippen LogP contribution in [0.5, 0.6) is 0 Å². The van der Waals surface area contributed by atoms with E-state index in [-0.39, 0.29) is 0 Å². The molecule has 1 saturated carbocycles. The lowest BCUT2D eigenvalue weighted by Gasteiger charge is -2.24. The topological polar surface area (TPSA) is 12.0 Å². The second-order valence-corrected chi connectivity index (χ2v) is 6.10. The highest BCUT2D eigenvalue weighted by molar-refractivity contribution is 6.30. The molecule has 1 aliphatic carbocycles. The molecule has 0 amide bonds. The highest BCUT2D eigenvalue weighted by atomic mass is 35.5. The van der Waals surface area contributed by atoms with E-state index in [9.17, 15) is 0 Å². The second-order valence-electron chi connectivity index (χ2n) is 5.67.